The molecule has 0 aromatic carbocycles. The molecule has 2 aromatic heterocycles. The van der Waals surface area contributed by atoms with Crippen molar-refractivity contribution in [2.24, 2.45) is 5.92 Å². The van der Waals surface area contributed by atoms with Gasteiger partial charge < -0.3 is 9.84 Å². The van der Waals surface area contributed by atoms with Gasteiger partial charge in [0.25, 0.3) is 0 Å². The van der Waals surface area contributed by atoms with Gasteiger partial charge in [0.15, 0.2) is 0 Å². The molecule has 2 aromatic rings. The van der Waals surface area contributed by atoms with Gasteiger partial charge >= 0.3 is 0 Å². The van der Waals surface area contributed by atoms with Gasteiger partial charge in [-0.15, -0.1) is 11.3 Å². The van der Waals surface area contributed by atoms with Gasteiger partial charge in [-0.1, -0.05) is 12.1 Å². The van der Waals surface area contributed by atoms with Gasteiger partial charge in [-0.25, -0.2) is 8.42 Å². The molecule has 3 heterocycles. The van der Waals surface area contributed by atoms with E-state index < -0.39 is 10.0 Å². The molecule has 152 valence electrons. The van der Waals surface area contributed by atoms with Gasteiger partial charge in [-0.2, -0.15) is 9.29 Å². The topological polar surface area (TPSA) is 105 Å². The van der Waals surface area contributed by atoms with Gasteiger partial charge in [0.2, 0.25) is 27.6 Å². The van der Waals surface area contributed by atoms with Crippen LogP contribution >= 0.6 is 11.3 Å². The van der Waals surface area contributed by atoms with Crippen LogP contribution in [0.2, 0.25) is 0 Å². The highest BCUT2D eigenvalue weighted by molar-refractivity contribution is 7.89. The molecule has 1 N–H and O–H groups in total. The van der Waals surface area contributed by atoms with Gasteiger partial charge in [0.1, 0.15) is 0 Å². The number of piperidine rings is 1. The van der Waals surface area contributed by atoms with Crippen molar-refractivity contribution >= 4 is 27.3 Å². The smallest absolute Gasteiger partial charge is 0.244 e. The molecule has 8 nitrogen and oxygen atoms in total. The van der Waals surface area contributed by atoms with Crippen LogP contribution in [0.1, 0.15) is 43.4 Å². The first-order valence-corrected chi connectivity index (χ1v) is 11.9. The molecule has 0 spiro atoms. The third-order valence-corrected chi connectivity index (χ3v) is 8.33. The molecule has 10 heteroatoms. The predicted octanol–water partition coefficient (Wildman–Crippen LogP) is 2.35. The van der Waals surface area contributed by atoms with Crippen molar-refractivity contribution in [1.82, 2.24) is 19.8 Å². The average Bonchev–Trinajstić information content (AvgIpc) is 3.21. The van der Waals surface area contributed by atoms with Gasteiger partial charge in [0, 0.05) is 30.4 Å². The number of nitrogens with one attached hydrogen (secondary N) is 1. The first-order valence-electron chi connectivity index (χ1n) is 9.62. The summed E-state index contributed by atoms with van der Waals surface area (Å²) in [6.45, 7) is 4.36. The monoisotopic (exact) mass is 424 g/mol. The fraction of sp³-hybridized carbons (Fsp3) is 0.611. The van der Waals surface area contributed by atoms with Crippen molar-refractivity contribution in [3.63, 3.8) is 0 Å². The first-order chi connectivity index (χ1) is 13.4. The SMILES string of the molecule is CCc1nc(-c2cc(S(=O)(=O)N3CCC[C@@H](C(=O)NC4CC4)C3)c(C)s2)no1. The fourth-order valence-electron chi connectivity index (χ4n) is 3.39. The number of nitrogens with zero attached hydrogens (tertiary/aromatic N) is 3. The lowest BCUT2D eigenvalue weighted by Gasteiger charge is -2.31. The molecule has 1 aliphatic heterocycles. The molecule has 4 rings (SSSR count). The summed E-state index contributed by atoms with van der Waals surface area (Å²) in [5, 5.41) is 6.93. The van der Waals surface area contributed by atoms with Crippen LogP contribution in [0.3, 0.4) is 0 Å². The Hall–Kier alpha value is -1.78. The van der Waals surface area contributed by atoms with E-state index in [2.05, 4.69) is 15.5 Å². The number of thiophene rings is 1. The van der Waals surface area contributed by atoms with Crippen molar-refractivity contribution in [3.05, 3.63) is 16.8 Å². The Labute approximate surface area is 168 Å². The number of hydrogen-bond acceptors (Lipinski definition) is 7. The predicted molar refractivity (Wildman–Crippen MR) is 104 cm³/mol. The van der Waals surface area contributed by atoms with Gasteiger partial charge in [-0.3, -0.25) is 4.79 Å². The molecule has 1 atom stereocenters. The molecule has 1 saturated carbocycles. The van der Waals surface area contributed by atoms with Crippen LogP contribution in [0.5, 0.6) is 0 Å². The maximum atomic E-state index is 13.3. The van der Waals surface area contributed by atoms with Crippen molar-refractivity contribution in [3.8, 4) is 10.7 Å². The summed E-state index contributed by atoms with van der Waals surface area (Å²) in [4.78, 5) is 18.3. The number of amides is 1. The van der Waals surface area contributed by atoms with Crippen LogP contribution < -0.4 is 5.32 Å². The summed E-state index contributed by atoms with van der Waals surface area (Å²) in [6, 6.07) is 1.90. The van der Waals surface area contributed by atoms with E-state index in [0.717, 1.165) is 19.3 Å². The lowest BCUT2D eigenvalue weighted by atomic mass is 9.99. The van der Waals surface area contributed by atoms with Crippen molar-refractivity contribution in [2.75, 3.05) is 13.1 Å². The fourth-order valence-corrected chi connectivity index (χ4v) is 6.40. The number of aryl methyl sites for hydroxylation is 2. The van der Waals surface area contributed by atoms with Gasteiger partial charge in [0.05, 0.1) is 15.7 Å². The molecule has 1 aliphatic carbocycles. The van der Waals surface area contributed by atoms with Gasteiger partial charge in [-0.05, 0) is 38.7 Å². The summed E-state index contributed by atoms with van der Waals surface area (Å²) >= 11 is 1.34. The van der Waals surface area contributed by atoms with E-state index in [1.54, 1.807) is 13.0 Å². The van der Waals surface area contributed by atoms with E-state index in [-0.39, 0.29) is 29.3 Å². The molecular weight excluding hydrogens is 400 g/mol. The molecule has 0 bridgehead atoms. The Kier molecular flexibility index (Phi) is 5.28. The van der Waals surface area contributed by atoms with E-state index in [4.69, 9.17) is 4.52 Å². The molecule has 28 heavy (non-hydrogen) atoms. The highest BCUT2D eigenvalue weighted by atomic mass is 32.2. The highest BCUT2D eigenvalue weighted by Gasteiger charge is 2.36. The number of rotatable bonds is 6. The highest BCUT2D eigenvalue weighted by Crippen LogP contribution is 2.35. The lowest BCUT2D eigenvalue weighted by molar-refractivity contribution is -0.126. The van der Waals surface area contributed by atoms with E-state index >= 15 is 0 Å². The van der Waals surface area contributed by atoms with Crippen molar-refractivity contribution in [1.29, 1.82) is 0 Å². The molecular formula is C18H24N4O4S2. The van der Waals surface area contributed by atoms with Crippen LogP contribution in [-0.2, 0) is 21.2 Å². The standard InChI is InChI=1S/C18H24N4O4S2/c1-3-16-20-17(21-26-16)14-9-15(11(2)27-14)28(24,25)22-8-4-5-12(10-22)18(23)19-13-6-7-13/h9,12-13H,3-8,10H2,1-2H3,(H,19,23)/t12-/m1/s1. The van der Waals surface area contributed by atoms with E-state index in [1.165, 1.54) is 15.6 Å². The van der Waals surface area contributed by atoms with Crippen LogP contribution in [0.25, 0.3) is 10.7 Å². The molecule has 2 aliphatic rings. The second-order valence-corrected chi connectivity index (χ2v) is 10.5. The Morgan fingerprint density at radius 1 is 1.39 bits per heavy atom. The zero-order valence-corrected chi connectivity index (χ0v) is 17.6. The Morgan fingerprint density at radius 2 is 2.18 bits per heavy atom. The van der Waals surface area contributed by atoms with E-state index in [9.17, 15) is 13.2 Å². The number of aromatic nitrogens is 2. The number of hydrogen-bond donors (Lipinski definition) is 1. The minimum Gasteiger partial charge on any atom is -0.353 e. The summed E-state index contributed by atoms with van der Waals surface area (Å²) in [6.07, 6.45) is 4.07. The molecule has 0 radical (unpaired) electrons. The Morgan fingerprint density at radius 3 is 2.86 bits per heavy atom. The lowest BCUT2D eigenvalue weighted by Crippen LogP contribution is -2.45. The molecule has 1 saturated heterocycles. The molecule has 0 unspecified atom stereocenters. The summed E-state index contributed by atoms with van der Waals surface area (Å²) in [5.74, 6) is 0.619. The second-order valence-electron chi connectivity index (χ2n) is 7.38. The summed E-state index contributed by atoms with van der Waals surface area (Å²) in [7, 11) is -3.68. The maximum Gasteiger partial charge on any atom is 0.244 e. The summed E-state index contributed by atoms with van der Waals surface area (Å²) in [5.41, 5.74) is 0. The van der Waals surface area contributed by atoms with Crippen LogP contribution in [0, 0.1) is 12.8 Å². The number of sulfonamides is 1. The first kappa shape index (κ1) is 19.5. The Balaban J connectivity index is 1.54. The third kappa shape index (κ3) is 3.85. The molecule has 2 fully saturated rings. The van der Waals surface area contributed by atoms with E-state index in [1.807, 2.05) is 6.92 Å². The third-order valence-electron chi connectivity index (χ3n) is 5.16. The van der Waals surface area contributed by atoms with Crippen molar-refractivity contribution < 1.29 is 17.7 Å². The minimum absolute atomic E-state index is 0.0241. The second kappa shape index (κ2) is 7.57. The largest absolute Gasteiger partial charge is 0.353 e. The average molecular weight is 425 g/mol. The quantitative estimate of drug-likeness (QED) is 0.763. The minimum atomic E-state index is -3.68. The zero-order valence-electron chi connectivity index (χ0n) is 16.0. The number of carbonyl (C=O) groups excluding carboxylic acids is 1. The van der Waals surface area contributed by atoms with Crippen molar-refractivity contribution in [2.45, 2.75) is 56.9 Å². The normalized spacial score (nSPS) is 21.0. The molecule has 1 amide bonds. The maximum absolute atomic E-state index is 13.3. The van der Waals surface area contributed by atoms with E-state index in [0.29, 0.717) is 40.9 Å². The zero-order chi connectivity index (χ0) is 19.9. The number of carbonyl (C=O) groups is 1. The Bertz CT molecular complexity index is 978. The van der Waals surface area contributed by atoms with Crippen LogP contribution in [-0.4, -0.2) is 47.9 Å². The van der Waals surface area contributed by atoms with Crippen LogP contribution in [0.4, 0.5) is 0 Å². The summed E-state index contributed by atoms with van der Waals surface area (Å²) < 4.78 is 33.1. The van der Waals surface area contributed by atoms with Crippen LogP contribution in [0.15, 0.2) is 15.5 Å².